The van der Waals surface area contributed by atoms with Crippen molar-refractivity contribution in [2.45, 2.75) is 25.7 Å². The van der Waals surface area contributed by atoms with Crippen LogP contribution in [0.3, 0.4) is 0 Å². The van der Waals surface area contributed by atoms with Crippen LogP contribution in [0.25, 0.3) is 0 Å². The number of aryl methyl sites for hydroxylation is 2. The number of benzene rings is 2. The lowest BCUT2D eigenvalue weighted by Gasteiger charge is -2.31. The van der Waals surface area contributed by atoms with E-state index in [2.05, 4.69) is 32.0 Å². The molecule has 0 heterocycles. The molecule has 0 radical (unpaired) electrons. The van der Waals surface area contributed by atoms with Gasteiger partial charge in [-0.15, -0.1) is 0 Å². The molecule has 1 atom stereocenters. The molecular formula is C18H23NO. The van der Waals surface area contributed by atoms with Crippen LogP contribution in [-0.4, -0.2) is 18.3 Å². The molecule has 2 heteroatoms. The van der Waals surface area contributed by atoms with Gasteiger partial charge in [0.05, 0.1) is 6.61 Å². The zero-order chi connectivity index (χ0) is 14.6. The van der Waals surface area contributed by atoms with Crippen molar-refractivity contribution in [2.24, 2.45) is 5.73 Å². The van der Waals surface area contributed by atoms with E-state index in [1.54, 1.807) is 0 Å². The fraction of sp³-hybridized carbons (Fsp3) is 0.333. The third kappa shape index (κ3) is 3.09. The van der Waals surface area contributed by atoms with Gasteiger partial charge in [0.25, 0.3) is 0 Å². The monoisotopic (exact) mass is 269 g/mol. The van der Waals surface area contributed by atoms with Crippen molar-refractivity contribution < 1.29 is 5.11 Å². The number of aliphatic hydroxyl groups is 1. The van der Waals surface area contributed by atoms with Crippen molar-refractivity contribution in [1.29, 1.82) is 0 Å². The summed E-state index contributed by atoms with van der Waals surface area (Å²) in [4.78, 5) is 0. The Bertz CT molecular complexity index is 539. The molecule has 0 aliphatic carbocycles. The first-order valence-electron chi connectivity index (χ1n) is 7.03. The molecule has 2 nitrogen and oxygen atoms in total. The first-order valence-corrected chi connectivity index (χ1v) is 7.03. The highest BCUT2D eigenvalue weighted by Gasteiger charge is 2.30. The number of hydrogen-bond donors (Lipinski definition) is 2. The molecule has 106 valence electrons. The molecule has 0 aliphatic rings. The van der Waals surface area contributed by atoms with Gasteiger partial charge >= 0.3 is 0 Å². The van der Waals surface area contributed by atoms with Gasteiger partial charge in [0.15, 0.2) is 0 Å². The van der Waals surface area contributed by atoms with Crippen LogP contribution in [-0.2, 0) is 11.8 Å². The van der Waals surface area contributed by atoms with Gasteiger partial charge in [-0.2, -0.15) is 0 Å². The van der Waals surface area contributed by atoms with Gasteiger partial charge in [0.1, 0.15) is 0 Å². The SMILES string of the molecule is Cc1cc(C)cc(CC(CN)(CO)c2ccccc2)c1. The zero-order valence-corrected chi connectivity index (χ0v) is 12.3. The summed E-state index contributed by atoms with van der Waals surface area (Å²) in [6.45, 7) is 4.69. The number of rotatable bonds is 5. The van der Waals surface area contributed by atoms with Gasteiger partial charge in [0, 0.05) is 12.0 Å². The van der Waals surface area contributed by atoms with Crippen molar-refractivity contribution in [3.63, 3.8) is 0 Å². The maximum absolute atomic E-state index is 9.95. The second-order valence-corrected chi connectivity index (χ2v) is 5.68. The van der Waals surface area contributed by atoms with Gasteiger partial charge in [-0.25, -0.2) is 0 Å². The van der Waals surface area contributed by atoms with Crippen LogP contribution in [0.4, 0.5) is 0 Å². The quantitative estimate of drug-likeness (QED) is 0.876. The molecule has 0 fully saturated rings. The number of aliphatic hydroxyl groups excluding tert-OH is 1. The highest BCUT2D eigenvalue weighted by atomic mass is 16.3. The van der Waals surface area contributed by atoms with Crippen molar-refractivity contribution >= 4 is 0 Å². The predicted molar refractivity (Wildman–Crippen MR) is 83.9 cm³/mol. The molecule has 2 aromatic rings. The molecular weight excluding hydrogens is 246 g/mol. The van der Waals surface area contributed by atoms with Crippen LogP contribution in [0.2, 0.25) is 0 Å². The van der Waals surface area contributed by atoms with E-state index in [4.69, 9.17) is 5.73 Å². The topological polar surface area (TPSA) is 46.2 Å². The molecule has 3 N–H and O–H groups in total. The number of nitrogens with two attached hydrogens (primary N) is 1. The summed E-state index contributed by atoms with van der Waals surface area (Å²) in [7, 11) is 0. The van der Waals surface area contributed by atoms with E-state index in [0.717, 1.165) is 12.0 Å². The van der Waals surface area contributed by atoms with Crippen molar-refractivity contribution in [3.8, 4) is 0 Å². The third-order valence-corrected chi connectivity index (χ3v) is 3.90. The van der Waals surface area contributed by atoms with Crippen LogP contribution in [0.15, 0.2) is 48.5 Å². The van der Waals surface area contributed by atoms with Crippen LogP contribution in [0.5, 0.6) is 0 Å². The molecule has 1 unspecified atom stereocenters. The van der Waals surface area contributed by atoms with Crippen LogP contribution in [0.1, 0.15) is 22.3 Å². The van der Waals surface area contributed by atoms with Crippen LogP contribution >= 0.6 is 0 Å². The van der Waals surface area contributed by atoms with Gasteiger partial charge in [-0.3, -0.25) is 0 Å². The first-order chi connectivity index (χ1) is 9.59. The summed E-state index contributed by atoms with van der Waals surface area (Å²) in [5, 5.41) is 9.95. The highest BCUT2D eigenvalue weighted by molar-refractivity contribution is 5.34. The fourth-order valence-corrected chi connectivity index (χ4v) is 2.86. The summed E-state index contributed by atoms with van der Waals surface area (Å²) in [6.07, 6.45) is 0.756. The lowest BCUT2D eigenvalue weighted by molar-refractivity contribution is 0.196. The van der Waals surface area contributed by atoms with E-state index in [1.165, 1.54) is 16.7 Å². The van der Waals surface area contributed by atoms with Gasteiger partial charge in [-0.05, 0) is 31.4 Å². The minimum atomic E-state index is -0.401. The Hall–Kier alpha value is -1.64. The average molecular weight is 269 g/mol. The Morgan fingerprint density at radius 3 is 2.10 bits per heavy atom. The second kappa shape index (κ2) is 6.21. The zero-order valence-electron chi connectivity index (χ0n) is 12.3. The second-order valence-electron chi connectivity index (χ2n) is 5.68. The van der Waals surface area contributed by atoms with Gasteiger partial charge in [0.2, 0.25) is 0 Å². The Kier molecular flexibility index (Phi) is 4.58. The number of hydrogen-bond acceptors (Lipinski definition) is 2. The molecule has 2 aromatic carbocycles. The Labute approximate surface area is 121 Å². The smallest absolute Gasteiger partial charge is 0.0543 e. The molecule has 0 aliphatic heterocycles. The van der Waals surface area contributed by atoms with E-state index in [9.17, 15) is 5.11 Å². The molecule has 0 saturated heterocycles. The molecule has 2 rings (SSSR count). The fourth-order valence-electron chi connectivity index (χ4n) is 2.86. The third-order valence-electron chi connectivity index (χ3n) is 3.90. The van der Waals surface area contributed by atoms with Crippen molar-refractivity contribution in [3.05, 3.63) is 70.8 Å². The summed E-state index contributed by atoms with van der Waals surface area (Å²) in [5.74, 6) is 0. The Morgan fingerprint density at radius 2 is 1.60 bits per heavy atom. The van der Waals surface area contributed by atoms with Gasteiger partial charge < -0.3 is 10.8 Å². The molecule has 0 spiro atoms. The summed E-state index contributed by atoms with van der Waals surface area (Å²) < 4.78 is 0. The molecule has 20 heavy (non-hydrogen) atoms. The largest absolute Gasteiger partial charge is 0.395 e. The molecule has 0 saturated carbocycles. The van der Waals surface area contributed by atoms with E-state index in [-0.39, 0.29) is 6.61 Å². The molecule has 0 bridgehead atoms. The lowest BCUT2D eigenvalue weighted by atomic mass is 9.76. The molecule has 0 amide bonds. The van der Waals surface area contributed by atoms with E-state index < -0.39 is 5.41 Å². The lowest BCUT2D eigenvalue weighted by Crippen LogP contribution is -2.41. The minimum Gasteiger partial charge on any atom is -0.395 e. The predicted octanol–water partition coefficient (Wildman–Crippen LogP) is 2.73. The molecule has 0 aromatic heterocycles. The highest BCUT2D eigenvalue weighted by Crippen LogP contribution is 2.28. The summed E-state index contributed by atoms with van der Waals surface area (Å²) in [5.41, 5.74) is 10.4. The maximum Gasteiger partial charge on any atom is 0.0543 e. The first kappa shape index (κ1) is 14.8. The standard InChI is InChI=1S/C18H23NO/c1-14-8-15(2)10-16(9-14)11-18(12-19,13-20)17-6-4-3-5-7-17/h3-10,20H,11-13,19H2,1-2H3. The summed E-state index contributed by atoms with van der Waals surface area (Å²) >= 11 is 0. The van der Waals surface area contributed by atoms with Gasteiger partial charge in [-0.1, -0.05) is 59.7 Å². The summed E-state index contributed by atoms with van der Waals surface area (Å²) in [6, 6.07) is 16.6. The van der Waals surface area contributed by atoms with E-state index >= 15 is 0 Å². The minimum absolute atomic E-state index is 0.0561. The van der Waals surface area contributed by atoms with Crippen molar-refractivity contribution in [2.75, 3.05) is 13.2 Å². The average Bonchev–Trinajstić information content (AvgIpc) is 2.45. The van der Waals surface area contributed by atoms with Crippen LogP contribution in [0, 0.1) is 13.8 Å². The maximum atomic E-state index is 9.95. The normalized spacial score (nSPS) is 14.0. The Morgan fingerprint density at radius 1 is 1.00 bits per heavy atom. The van der Waals surface area contributed by atoms with E-state index in [1.807, 2.05) is 30.3 Å². The van der Waals surface area contributed by atoms with E-state index in [0.29, 0.717) is 6.54 Å². The Balaban J connectivity index is 2.39. The van der Waals surface area contributed by atoms with Crippen molar-refractivity contribution in [1.82, 2.24) is 0 Å². The van der Waals surface area contributed by atoms with Crippen LogP contribution < -0.4 is 5.73 Å².